The largest absolute Gasteiger partial charge is 0.427 e. The Morgan fingerprint density at radius 3 is 2.11 bits per heavy atom. The molecule has 12 heteroatoms. The first-order chi connectivity index (χ1) is 25.4. The topological polar surface area (TPSA) is 97.7 Å². The van der Waals surface area contributed by atoms with E-state index in [0.29, 0.717) is 29.2 Å². The molecule has 278 valence electrons. The van der Waals surface area contributed by atoms with Crippen LogP contribution in [0.5, 0.6) is 5.75 Å². The predicted octanol–water partition coefficient (Wildman–Crippen LogP) is 8.86. The lowest BCUT2D eigenvalue weighted by atomic mass is 10.00. The molecule has 6 rings (SSSR count). The van der Waals surface area contributed by atoms with Crippen molar-refractivity contribution in [3.05, 3.63) is 153 Å². The van der Waals surface area contributed by atoms with Gasteiger partial charge in [-0.15, -0.1) is 23.7 Å². The van der Waals surface area contributed by atoms with Crippen LogP contribution in [0.3, 0.4) is 0 Å². The van der Waals surface area contributed by atoms with E-state index in [0.717, 1.165) is 28.1 Å². The molecule has 0 unspecified atom stereocenters. The highest BCUT2D eigenvalue weighted by Gasteiger charge is 2.26. The number of aromatic nitrogens is 1. The lowest BCUT2D eigenvalue weighted by Crippen LogP contribution is -2.22. The van der Waals surface area contributed by atoms with E-state index in [2.05, 4.69) is 10.2 Å². The second kappa shape index (κ2) is 17.1. The van der Waals surface area contributed by atoms with E-state index in [1.165, 1.54) is 54.8 Å². The van der Waals surface area contributed by atoms with Crippen molar-refractivity contribution in [2.75, 3.05) is 12.4 Å². The number of nitrogens with one attached hydrogen (secondary N) is 1. The Morgan fingerprint density at radius 2 is 1.50 bits per heavy atom. The van der Waals surface area contributed by atoms with Gasteiger partial charge in [-0.05, 0) is 72.3 Å². The van der Waals surface area contributed by atoms with E-state index in [1.54, 1.807) is 30.5 Å². The molecular formula is C42H38ClF2N3O5S. The number of carbonyl (C=O) groups excluding carboxylic acids is 3. The zero-order valence-electron chi connectivity index (χ0n) is 30.0. The Bertz CT molecular complexity index is 2360. The van der Waals surface area contributed by atoms with Gasteiger partial charge in [0.2, 0.25) is 11.3 Å². The summed E-state index contributed by atoms with van der Waals surface area (Å²) < 4.78 is 36.9. The van der Waals surface area contributed by atoms with Crippen LogP contribution in [0.15, 0.2) is 108 Å². The number of amides is 1. The Hall–Kier alpha value is -5.49. The molecule has 54 heavy (non-hydrogen) atoms. The van der Waals surface area contributed by atoms with E-state index in [4.69, 9.17) is 4.74 Å². The summed E-state index contributed by atoms with van der Waals surface area (Å²) in [5, 5.41) is 3.16. The van der Waals surface area contributed by atoms with Crippen molar-refractivity contribution in [1.82, 2.24) is 9.47 Å². The van der Waals surface area contributed by atoms with Crippen molar-refractivity contribution in [3.63, 3.8) is 0 Å². The second-order valence-electron chi connectivity index (χ2n) is 13.1. The van der Waals surface area contributed by atoms with Gasteiger partial charge in [-0.2, -0.15) is 0 Å². The summed E-state index contributed by atoms with van der Waals surface area (Å²) in [7, 11) is 1.93. The van der Waals surface area contributed by atoms with Crippen LogP contribution in [0.1, 0.15) is 53.4 Å². The summed E-state index contributed by atoms with van der Waals surface area (Å²) in [6.07, 6.45) is 1.36. The van der Waals surface area contributed by atoms with Gasteiger partial charge in [0.1, 0.15) is 22.2 Å². The number of carbonyl (C=O) groups is 3. The van der Waals surface area contributed by atoms with Gasteiger partial charge in [-0.3, -0.25) is 24.1 Å². The molecule has 0 aliphatic rings. The maximum atomic E-state index is 15.1. The summed E-state index contributed by atoms with van der Waals surface area (Å²) in [4.78, 5) is 55.8. The lowest BCUT2D eigenvalue weighted by molar-refractivity contribution is -0.131. The van der Waals surface area contributed by atoms with Crippen LogP contribution < -0.4 is 15.5 Å². The van der Waals surface area contributed by atoms with E-state index < -0.39 is 28.8 Å². The number of pyridine rings is 1. The molecule has 0 fully saturated rings. The zero-order valence-corrected chi connectivity index (χ0v) is 31.7. The molecule has 1 N–H and O–H groups in total. The van der Waals surface area contributed by atoms with Crippen molar-refractivity contribution in [2.45, 2.75) is 40.4 Å². The van der Waals surface area contributed by atoms with Crippen molar-refractivity contribution < 1.29 is 27.9 Å². The smallest absolute Gasteiger partial charge is 0.308 e. The third-order valence-electron chi connectivity index (χ3n) is 8.68. The molecule has 0 atom stereocenters. The minimum Gasteiger partial charge on any atom is -0.427 e. The number of hydrogen-bond donors (Lipinski definition) is 1. The molecule has 0 spiro atoms. The van der Waals surface area contributed by atoms with Crippen molar-refractivity contribution in [1.29, 1.82) is 0 Å². The SMILES string of the molecule is CC(=O)Oc1ccc(C(=O)c2cn(Cc3c(F)cccc3F)c3sc(-c4ccc(NC(=O)C(C)C)cc4)c(CN(C)Cc4ccccc4)c3c2=O)cc1.Cl. The number of anilines is 1. The summed E-state index contributed by atoms with van der Waals surface area (Å²) in [5.41, 5.74) is 2.31. The second-order valence-corrected chi connectivity index (χ2v) is 14.1. The molecule has 2 heterocycles. The number of benzene rings is 4. The molecule has 0 aliphatic heterocycles. The monoisotopic (exact) mass is 769 g/mol. The van der Waals surface area contributed by atoms with Gasteiger partial charge in [-0.25, -0.2) is 8.78 Å². The maximum Gasteiger partial charge on any atom is 0.308 e. The number of thiophene rings is 1. The van der Waals surface area contributed by atoms with Crippen LogP contribution in [0.2, 0.25) is 0 Å². The average Bonchev–Trinajstić information content (AvgIpc) is 3.50. The predicted molar refractivity (Wildman–Crippen MR) is 210 cm³/mol. The van der Waals surface area contributed by atoms with Crippen molar-refractivity contribution >= 4 is 57.3 Å². The number of esters is 1. The van der Waals surface area contributed by atoms with E-state index in [-0.39, 0.29) is 58.6 Å². The summed E-state index contributed by atoms with van der Waals surface area (Å²) in [5.74, 6) is -2.75. The summed E-state index contributed by atoms with van der Waals surface area (Å²) >= 11 is 1.29. The van der Waals surface area contributed by atoms with Crippen LogP contribution in [0, 0.1) is 17.6 Å². The van der Waals surface area contributed by atoms with Crippen molar-refractivity contribution in [3.8, 4) is 16.2 Å². The third kappa shape index (κ3) is 8.82. The molecule has 0 saturated carbocycles. The normalized spacial score (nSPS) is 11.1. The van der Waals surface area contributed by atoms with Gasteiger partial charge in [0.15, 0.2) is 5.78 Å². The van der Waals surface area contributed by atoms with Gasteiger partial charge in [-0.1, -0.05) is 62.4 Å². The molecule has 0 bridgehead atoms. The number of fused-ring (bicyclic) bond motifs is 1. The van der Waals surface area contributed by atoms with E-state index in [1.807, 2.05) is 49.5 Å². The van der Waals surface area contributed by atoms with Gasteiger partial charge >= 0.3 is 5.97 Å². The van der Waals surface area contributed by atoms with Crippen molar-refractivity contribution in [2.24, 2.45) is 5.92 Å². The number of rotatable bonds is 12. The zero-order chi connectivity index (χ0) is 37.8. The fourth-order valence-electron chi connectivity index (χ4n) is 6.02. The van der Waals surface area contributed by atoms with E-state index >= 15 is 8.78 Å². The third-order valence-corrected chi connectivity index (χ3v) is 10.00. The summed E-state index contributed by atoms with van der Waals surface area (Å²) in [6.45, 7) is 5.44. The fourth-order valence-corrected chi connectivity index (χ4v) is 7.31. The minimum absolute atomic E-state index is 0. The highest BCUT2D eigenvalue weighted by molar-refractivity contribution is 7.22. The molecule has 2 aromatic heterocycles. The molecule has 6 aromatic rings. The Balaban J connectivity index is 0.00000561. The first-order valence-corrected chi connectivity index (χ1v) is 17.8. The minimum atomic E-state index is -0.760. The number of ketones is 1. The first kappa shape index (κ1) is 39.7. The standard InChI is InChI=1S/C42H37F2N3O5S.ClH/c1-25(2)41(51)45-30-17-13-29(14-18-30)40-33(22-46(4)21-27-9-6-5-7-10-27)37-39(50)34(38(49)28-15-19-31(20-16-28)52-26(3)48)24-47(42(37)53-40)23-32-35(43)11-8-12-36(32)44;/h5-20,24-25H,21-23H2,1-4H3,(H,45,51);1H. The van der Waals surface area contributed by atoms with Crippen LogP contribution in [0.25, 0.3) is 20.7 Å². The molecular weight excluding hydrogens is 732 g/mol. The van der Waals surface area contributed by atoms with Gasteiger partial charge in [0.25, 0.3) is 0 Å². The van der Waals surface area contributed by atoms with Gasteiger partial charge in [0.05, 0.1) is 17.5 Å². The molecule has 4 aromatic carbocycles. The molecule has 0 radical (unpaired) electrons. The highest BCUT2D eigenvalue weighted by atomic mass is 35.5. The van der Waals surface area contributed by atoms with Gasteiger partial charge in [0, 0.05) is 53.8 Å². The fraction of sp³-hybridized carbons (Fsp3) is 0.190. The first-order valence-electron chi connectivity index (χ1n) is 17.0. The molecule has 1 amide bonds. The summed E-state index contributed by atoms with van der Waals surface area (Å²) in [6, 6.07) is 26.6. The number of nitrogens with zero attached hydrogens (tertiary/aromatic N) is 2. The Kier molecular flexibility index (Phi) is 12.6. The lowest BCUT2D eigenvalue weighted by Gasteiger charge is -2.18. The van der Waals surface area contributed by atoms with Crippen LogP contribution in [-0.4, -0.2) is 34.2 Å². The highest BCUT2D eigenvalue weighted by Crippen LogP contribution is 2.39. The number of ether oxygens (including phenoxy) is 1. The Morgan fingerprint density at radius 1 is 0.852 bits per heavy atom. The number of hydrogen-bond acceptors (Lipinski definition) is 7. The van der Waals surface area contributed by atoms with Crippen LogP contribution in [-0.2, 0) is 29.2 Å². The van der Waals surface area contributed by atoms with Gasteiger partial charge < -0.3 is 14.6 Å². The van der Waals surface area contributed by atoms with E-state index in [9.17, 15) is 19.2 Å². The molecule has 0 aliphatic carbocycles. The molecule has 0 saturated heterocycles. The maximum absolute atomic E-state index is 15.1. The number of halogens is 3. The van der Waals surface area contributed by atoms with Crippen LogP contribution in [0.4, 0.5) is 14.5 Å². The average molecular weight is 770 g/mol. The quantitative estimate of drug-likeness (QED) is 0.0759. The van der Waals surface area contributed by atoms with Crippen LogP contribution >= 0.6 is 23.7 Å². The molecule has 8 nitrogen and oxygen atoms in total. The Labute approximate surface area is 321 Å².